The lowest BCUT2D eigenvalue weighted by Crippen LogP contribution is -2.17. The van der Waals surface area contributed by atoms with Gasteiger partial charge >= 0.3 is 11.9 Å². The van der Waals surface area contributed by atoms with Crippen LogP contribution in [-0.4, -0.2) is 77.3 Å². The molecule has 0 aliphatic carbocycles. The van der Waals surface area contributed by atoms with E-state index in [1.54, 1.807) is 0 Å². The molecule has 0 saturated heterocycles. The lowest BCUT2D eigenvalue weighted by molar-refractivity contribution is -0.143. The minimum absolute atomic E-state index is 0.0400. The van der Waals surface area contributed by atoms with E-state index in [0.717, 1.165) is 18.6 Å². The van der Waals surface area contributed by atoms with Crippen LogP contribution >= 0.6 is 12.6 Å². The standard InChI is InChI=1S/C17H36O4S.C4H6O4/c18-11-12-20-13-14-21-16-17(19)10-8-6-4-2-1-3-5-7-9-15-22;5-3(6)1-2-4(7)8/h17-19,22H,1-16H2;1-2H2,(H,5,6)(H,7,8). The Hall–Kier alpha value is -0.870. The summed E-state index contributed by atoms with van der Waals surface area (Å²) in [4.78, 5) is 19.3. The summed E-state index contributed by atoms with van der Waals surface area (Å²) in [6.45, 7) is 1.72. The fourth-order valence-electron chi connectivity index (χ4n) is 2.53. The third-order valence-electron chi connectivity index (χ3n) is 4.17. The van der Waals surface area contributed by atoms with Crippen molar-refractivity contribution in [2.75, 3.05) is 38.8 Å². The van der Waals surface area contributed by atoms with Gasteiger partial charge in [0, 0.05) is 0 Å². The summed E-state index contributed by atoms with van der Waals surface area (Å²) >= 11 is 4.21. The number of aliphatic carboxylic acids is 2. The molecule has 0 aliphatic rings. The van der Waals surface area contributed by atoms with E-state index in [-0.39, 0.29) is 25.6 Å². The molecule has 0 aromatic rings. The summed E-state index contributed by atoms with van der Waals surface area (Å²) in [6.07, 6.45) is 11.3. The van der Waals surface area contributed by atoms with E-state index >= 15 is 0 Å². The maximum absolute atomic E-state index is 9.76. The van der Waals surface area contributed by atoms with Crippen LogP contribution < -0.4 is 0 Å². The first kappa shape index (κ1) is 31.3. The predicted molar refractivity (Wildman–Crippen MR) is 119 cm³/mol. The zero-order chi connectivity index (χ0) is 22.9. The number of rotatable bonds is 21. The van der Waals surface area contributed by atoms with E-state index in [9.17, 15) is 14.7 Å². The Morgan fingerprint density at radius 1 is 0.733 bits per heavy atom. The molecule has 30 heavy (non-hydrogen) atoms. The Morgan fingerprint density at radius 3 is 1.67 bits per heavy atom. The Morgan fingerprint density at radius 2 is 1.20 bits per heavy atom. The average molecular weight is 455 g/mol. The van der Waals surface area contributed by atoms with Crippen molar-refractivity contribution in [3.05, 3.63) is 0 Å². The first-order valence-electron chi connectivity index (χ1n) is 10.9. The summed E-state index contributed by atoms with van der Waals surface area (Å²) in [7, 11) is 0. The summed E-state index contributed by atoms with van der Waals surface area (Å²) in [5.74, 6) is -1.14. The predicted octanol–water partition coefficient (Wildman–Crippen LogP) is 3.14. The Kier molecular flexibility index (Phi) is 27.3. The molecule has 8 nitrogen and oxygen atoms in total. The van der Waals surface area contributed by atoms with Crippen molar-refractivity contribution in [3.8, 4) is 0 Å². The van der Waals surface area contributed by atoms with Crippen LogP contribution in [0.4, 0.5) is 0 Å². The SMILES string of the molecule is O=C(O)CCC(=O)O.OCCOCCOCC(O)CCCCCCCCCCCS. The van der Waals surface area contributed by atoms with Gasteiger partial charge in [-0.3, -0.25) is 9.59 Å². The number of aliphatic hydroxyl groups is 2. The van der Waals surface area contributed by atoms with E-state index in [2.05, 4.69) is 12.6 Å². The molecule has 0 radical (unpaired) electrons. The molecule has 1 atom stereocenters. The van der Waals surface area contributed by atoms with Gasteiger partial charge in [0.2, 0.25) is 0 Å². The zero-order valence-electron chi connectivity index (χ0n) is 18.2. The largest absolute Gasteiger partial charge is 0.481 e. The highest BCUT2D eigenvalue weighted by molar-refractivity contribution is 7.80. The Bertz CT molecular complexity index is 368. The highest BCUT2D eigenvalue weighted by Gasteiger charge is 2.04. The van der Waals surface area contributed by atoms with Crippen molar-refractivity contribution in [1.82, 2.24) is 0 Å². The number of hydrogen-bond donors (Lipinski definition) is 5. The quantitative estimate of drug-likeness (QED) is 0.132. The number of carboxylic acids is 2. The smallest absolute Gasteiger partial charge is 0.303 e. The molecule has 0 aliphatic heterocycles. The van der Waals surface area contributed by atoms with Crippen molar-refractivity contribution >= 4 is 24.6 Å². The number of carboxylic acid groups (broad SMARTS) is 2. The number of thiol groups is 1. The Labute approximate surface area is 186 Å². The molecule has 9 heteroatoms. The number of ether oxygens (including phenoxy) is 2. The molecule has 0 bridgehead atoms. The van der Waals surface area contributed by atoms with E-state index < -0.39 is 11.9 Å². The molecule has 0 saturated carbocycles. The topological polar surface area (TPSA) is 134 Å². The molecular weight excluding hydrogens is 412 g/mol. The number of unbranched alkanes of at least 4 members (excludes halogenated alkanes) is 8. The molecule has 0 rings (SSSR count). The monoisotopic (exact) mass is 454 g/mol. The van der Waals surface area contributed by atoms with Crippen LogP contribution in [0.1, 0.15) is 77.0 Å². The summed E-state index contributed by atoms with van der Waals surface area (Å²) < 4.78 is 10.4. The molecular formula is C21H42O8S. The van der Waals surface area contributed by atoms with Gasteiger partial charge in [-0.25, -0.2) is 0 Å². The second-order valence-corrected chi connectivity index (χ2v) is 7.49. The second-order valence-electron chi connectivity index (χ2n) is 7.05. The van der Waals surface area contributed by atoms with Gasteiger partial charge in [-0.1, -0.05) is 51.4 Å². The third-order valence-corrected chi connectivity index (χ3v) is 4.48. The van der Waals surface area contributed by atoms with Crippen LogP contribution in [0, 0.1) is 0 Å². The molecule has 180 valence electrons. The summed E-state index contributed by atoms with van der Waals surface area (Å²) in [6, 6.07) is 0. The van der Waals surface area contributed by atoms with Gasteiger partial charge in [0.25, 0.3) is 0 Å². The molecule has 0 spiro atoms. The van der Waals surface area contributed by atoms with E-state index in [0.29, 0.717) is 26.4 Å². The molecule has 0 aromatic heterocycles. The normalized spacial score (nSPS) is 11.6. The van der Waals surface area contributed by atoms with Crippen LogP contribution in [-0.2, 0) is 19.1 Å². The van der Waals surface area contributed by atoms with E-state index in [4.69, 9.17) is 24.8 Å². The van der Waals surface area contributed by atoms with Crippen molar-refractivity contribution in [1.29, 1.82) is 0 Å². The highest BCUT2D eigenvalue weighted by atomic mass is 32.1. The van der Waals surface area contributed by atoms with Gasteiger partial charge in [0.1, 0.15) is 0 Å². The average Bonchev–Trinajstić information content (AvgIpc) is 2.71. The first-order valence-corrected chi connectivity index (χ1v) is 11.6. The van der Waals surface area contributed by atoms with Gasteiger partial charge in [-0.2, -0.15) is 12.6 Å². The third kappa shape index (κ3) is 31.8. The lowest BCUT2D eigenvalue weighted by Gasteiger charge is -2.11. The van der Waals surface area contributed by atoms with Gasteiger partial charge < -0.3 is 29.9 Å². The second kappa shape index (κ2) is 26.2. The zero-order valence-corrected chi connectivity index (χ0v) is 19.1. The molecule has 0 heterocycles. The van der Waals surface area contributed by atoms with Gasteiger partial charge in [-0.05, 0) is 18.6 Å². The van der Waals surface area contributed by atoms with Crippen LogP contribution in [0.3, 0.4) is 0 Å². The van der Waals surface area contributed by atoms with Crippen LogP contribution in [0.15, 0.2) is 0 Å². The molecule has 0 aromatic carbocycles. The summed E-state index contributed by atoms with van der Waals surface area (Å²) in [5.41, 5.74) is 0. The fourth-order valence-corrected chi connectivity index (χ4v) is 2.75. The number of hydrogen-bond acceptors (Lipinski definition) is 7. The summed E-state index contributed by atoms with van der Waals surface area (Å²) in [5, 5.41) is 34.1. The van der Waals surface area contributed by atoms with Crippen LogP contribution in [0.5, 0.6) is 0 Å². The van der Waals surface area contributed by atoms with E-state index in [1.165, 1.54) is 51.4 Å². The molecule has 0 amide bonds. The van der Waals surface area contributed by atoms with Crippen molar-refractivity contribution in [3.63, 3.8) is 0 Å². The minimum atomic E-state index is -1.08. The maximum Gasteiger partial charge on any atom is 0.303 e. The molecule has 1 unspecified atom stereocenters. The first-order chi connectivity index (χ1) is 14.4. The lowest BCUT2D eigenvalue weighted by atomic mass is 10.1. The van der Waals surface area contributed by atoms with Gasteiger partial charge in [0.15, 0.2) is 0 Å². The van der Waals surface area contributed by atoms with Crippen molar-refractivity contribution in [2.24, 2.45) is 0 Å². The Balaban J connectivity index is 0. The highest BCUT2D eigenvalue weighted by Crippen LogP contribution is 2.11. The van der Waals surface area contributed by atoms with Gasteiger partial charge in [0.05, 0.1) is 52.0 Å². The molecule has 4 N–H and O–H groups in total. The van der Waals surface area contributed by atoms with Crippen LogP contribution in [0.25, 0.3) is 0 Å². The fraction of sp³-hybridized carbons (Fsp3) is 0.905. The van der Waals surface area contributed by atoms with Gasteiger partial charge in [-0.15, -0.1) is 0 Å². The van der Waals surface area contributed by atoms with E-state index in [1.807, 2.05) is 0 Å². The number of aliphatic hydroxyl groups excluding tert-OH is 2. The van der Waals surface area contributed by atoms with Crippen molar-refractivity contribution in [2.45, 2.75) is 83.2 Å². The van der Waals surface area contributed by atoms with Crippen molar-refractivity contribution < 1.29 is 39.5 Å². The number of carbonyl (C=O) groups is 2. The van der Waals surface area contributed by atoms with Crippen LogP contribution in [0.2, 0.25) is 0 Å². The molecule has 0 fully saturated rings. The maximum atomic E-state index is 9.76. The minimum Gasteiger partial charge on any atom is -0.481 e.